The second-order valence-electron chi connectivity index (χ2n) is 5.16. The third-order valence-corrected chi connectivity index (χ3v) is 4.10. The van der Waals surface area contributed by atoms with Crippen molar-refractivity contribution in [2.24, 2.45) is 7.05 Å². The molecule has 2 aromatic rings. The summed E-state index contributed by atoms with van der Waals surface area (Å²) in [6.07, 6.45) is 1.99. The van der Waals surface area contributed by atoms with Gasteiger partial charge in [-0.2, -0.15) is 5.10 Å². The first-order chi connectivity index (χ1) is 11.5. The van der Waals surface area contributed by atoms with Gasteiger partial charge in [0, 0.05) is 7.05 Å². The fourth-order valence-electron chi connectivity index (χ4n) is 2.27. The summed E-state index contributed by atoms with van der Waals surface area (Å²) in [6, 6.07) is 5.58. The number of aromatic nitrogens is 2. The number of rotatable bonds is 8. The summed E-state index contributed by atoms with van der Waals surface area (Å²) in [5, 5.41) is 7.03. The average molecular weight is 396 g/mol. The summed E-state index contributed by atoms with van der Waals surface area (Å²) in [5.74, 6) is 1.30. The van der Waals surface area contributed by atoms with Gasteiger partial charge in [-0.3, -0.25) is 9.48 Å². The van der Waals surface area contributed by atoms with Crippen molar-refractivity contribution in [2.75, 3.05) is 13.2 Å². The zero-order chi connectivity index (χ0) is 17.5. The number of amides is 1. The summed E-state index contributed by atoms with van der Waals surface area (Å²) < 4.78 is 13.7. The average Bonchev–Trinajstić information content (AvgIpc) is 2.87. The maximum absolute atomic E-state index is 12.2. The Labute approximate surface area is 150 Å². The molecule has 24 heavy (non-hydrogen) atoms. The highest BCUT2D eigenvalue weighted by atomic mass is 79.9. The van der Waals surface area contributed by atoms with E-state index in [1.54, 1.807) is 10.9 Å². The predicted molar refractivity (Wildman–Crippen MR) is 95.2 cm³/mol. The molecule has 0 radical (unpaired) electrons. The minimum absolute atomic E-state index is 0.0605. The van der Waals surface area contributed by atoms with Crippen molar-refractivity contribution < 1.29 is 14.3 Å². The molecule has 0 saturated carbocycles. The minimum atomic E-state index is -0.0605. The molecule has 0 spiro atoms. The Balaban J connectivity index is 1.99. The molecule has 0 fully saturated rings. The van der Waals surface area contributed by atoms with Crippen molar-refractivity contribution >= 4 is 21.8 Å². The number of carbonyl (C=O) groups is 1. The van der Waals surface area contributed by atoms with Crippen molar-refractivity contribution in [3.05, 3.63) is 40.1 Å². The summed E-state index contributed by atoms with van der Waals surface area (Å²) in [6.45, 7) is 5.38. The van der Waals surface area contributed by atoms with Crippen LogP contribution in [0.3, 0.4) is 0 Å². The van der Waals surface area contributed by atoms with Gasteiger partial charge < -0.3 is 14.8 Å². The number of aryl methyl sites for hydroxylation is 1. The summed E-state index contributed by atoms with van der Waals surface area (Å²) in [5.41, 5.74) is 1.80. The number of halogens is 1. The van der Waals surface area contributed by atoms with E-state index < -0.39 is 0 Å². The first-order valence-corrected chi connectivity index (χ1v) is 8.66. The van der Waals surface area contributed by atoms with Crippen molar-refractivity contribution in [1.29, 1.82) is 0 Å². The number of carbonyl (C=O) groups excluding carboxylic acids is 1. The van der Waals surface area contributed by atoms with E-state index in [9.17, 15) is 4.79 Å². The summed E-state index contributed by atoms with van der Waals surface area (Å²) in [4.78, 5) is 12.2. The molecule has 0 saturated heterocycles. The normalized spacial score (nSPS) is 10.5. The Hall–Kier alpha value is -2.02. The van der Waals surface area contributed by atoms with E-state index in [0.717, 1.165) is 15.7 Å². The van der Waals surface area contributed by atoms with Gasteiger partial charge in [-0.15, -0.1) is 0 Å². The lowest BCUT2D eigenvalue weighted by Crippen LogP contribution is -2.25. The largest absolute Gasteiger partial charge is 0.490 e. The highest BCUT2D eigenvalue weighted by molar-refractivity contribution is 9.10. The molecule has 1 heterocycles. The van der Waals surface area contributed by atoms with E-state index in [1.807, 2.05) is 39.1 Å². The van der Waals surface area contributed by atoms with E-state index >= 15 is 0 Å². The Morgan fingerprint density at radius 2 is 1.96 bits per heavy atom. The van der Waals surface area contributed by atoms with Gasteiger partial charge in [0.15, 0.2) is 11.5 Å². The fraction of sp³-hybridized carbons (Fsp3) is 0.412. The number of nitrogens with zero attached hydrogens (tertiary/aromatic N) is 2. The molecule has 0 aliphatic rings. The van der Waals surface area contributed by atoms with Crippen LogP contribution in [0.5, 0.6) is 11.5 Å². The Kier molecular flexibility index (Phi) is 6.66. The van der Waals surface area contributed by atoms with Crippen molar-refractivity contribution in [1.82, 2.24) is 15.1 Å². The molecule has 7 heteroatoms. The molecular weight excluding hydrogens is 374 g/mol. The third kappa shape index (κ3) is 4.74. The lowest BCUT2D eigenvalue weighted by molar-refractivity contribution is -0.120. The third-order valence-electron chi connectivity index (χ3n) is 3.44. The van der Waals surface area contributed by atoms with Crippen molar-refractivity contribution in [3.8, 4) is 11.5 Å². The molecule has 1 amide bonds. The second kappa shape index (κ2) is 8.73. The van der Waals surface area contributed by atoms with Crippen LogP contribution >= 0.6 is 15.9 Å². The number of ether oxygens (including phenoxy) is 2. The smallest absolute Gasteiger partial charge is 0.224 e. The van der Waals surface area contributed by atoms with Crippen LogP contribution in [0.1, 0.15) is 25.1 Å². The van der Waals surface area contributed by atoms with Gasteiger partial charge in [0.1, 0.15) is 0 Å². The topological polar surface area (TPSA) is 65.4 Å². The molecule has 1 aromatic carbocycles. The molecule has 1 N–H and O–H groups in total. The highest BCUT2D eigenvalue weighted by Gasteiger charge is 2.11. The van der Waals surface area contributed by atoms with Crippen LogP contribution in [0, 0.1) is 0 Å². The molecule has 2 rings (SSSR count). The van der Waals surface area contributed by atoms with Crippen molar-refractivity contribution in [3.63, 3.8) is 0 Å². The summed E-state index contributed by atoms with van der Waals surface area (Å²) in [7, 11) is 1.84. The van der Waals surface area contributed by atoms with Crippen molar-refractivity contribution in [2.45, 2.75) is 26.8 Å². The molecular formula is C17H22BrN3O3. The monoisotopic (exact) mass is 395 g/mol. The van der Waals surface area contributed by atoms with Gasteiger partial charge in [0.25, 0.3) is 0 Å². The van der Waals surface area contributed by atoms with Crippen LogP contribution in [-0.2, 0) is 24.8 Å². The molecule has 0 atom stereocenters. The molecule has 0 aliphatic carbocycles. The Morgan fingerprint density at radius 1 is 1.25 bits per heavy atom. The van der Waals surface area contributed by atoms with Crippen LogP contribution in [0.15, 0.2) is 28.9 Å². The maximum atomic E-state index is 12.2. The van der Waals surface area contributed by atoms with Crippen LogP contribution in [-0.4, -0.2) is 28.9 Å². The number of nitrogens with one attached hydrogen (secondary N) is 1. The van der Waals surface area contributed by atoms with Crippen LogP contribution in [0.25, 0.3) is 0 Å². The minimum Gasteiger partial charge on any atom is -0.490 e. The van der Waals surface area contributed by atoms with E-state index in [2.05, 4.69) is 26.3 Å². The van der Waals surface area contributed by atoms with Gasteiger partial charge in [-0.25, -0.2) is 0 Å². The number of benzene rings is 1. The summed E-state index contributed by atoms with van der Waals surface area (Å²) >= 11 is 3.42. The first-order valence-electron chi connectivity index (χ1n) is 7.86. The lowest BCUT2D eigenvalue weighted by atomic mass is 10.1. The van der Waals surface area contributed by atoms with Gasteiger partial charge >= 0.3 is 0 Å². The first kappa shape index (κ1) is 18.3. The van der Waals surface area contributed by atoms with E-state index in [1.165, 1.54) is 0 Å². The molecule has 130 valence electrons. The quantitative estimate of drug-likeness (QED) is 0.746. The van der Waals surface area contributed by atoms with E-state index in [0.29, 0.717) is 31.3 Å². The number of hydrogen-bond donors (Lipinski definition) is 1. The second-order valence-corrected chi connectivity index (χ2v) is 6.02. The zero-order valence-electron chi connectivity index (χ0n) is 14.1. The van der Waals surface area contributed by atoms with Gasteiger partial charge in [-0.05, 0) is 47.5 Å². The highest BCUT2D eigenvalue weighted by Crippen LogP contribution is 2.28. The van der Waals surface area contributed by atoms with Crippen LogP contribution in [0.4, 0.5) is 0 Å². The lowest BCUT2D eigenvalue weighted by Gasteiger charge is -2.12. The fourth-order valence-corrected chi connectivity index (χ4v) is 2.76. The van der Waals surface area contributed by atoms with E-state index in [4.69, 9.17) is 9.47 Å². The predicted octanol–water partition coefficient (Wildman–Crippen LogP) is 2.84. The van der Waals surface area contributed by atoms with Gasteiger partial charge in [-0.1, -0.05) is 6.07 Å². The van der Waals surface area contributed by atoms with Crippen LogP contribution < -0.4 is 14.8 Å². The molecule has 0 aliphatic heterocycles. The Bertz CT molecular complexity index is 681. The Morgan fingerprint density at radius 3 is 2.58 bits per heavy atom. The molecule has 0 unspecified atom stereocenters. The molecule has 0 bridgehead atoms. The standard InChI is InChI=1S/C17H22BrN3O3/c1-4-23-15-7-6-12(8-16(15)24-5-2)9-17(22)19-11-14-13(18)10-20-21(14)3/h6-8,10H,4-5,9,11H2,1-3H3,(H,19,22). The van der Waals surface area contributed by atoms with Gasteiger partial charge in [0.2, 0.25) is 5.91 Å². The molecule has 6 nitrogen and oxygen atoms in total. The number of hydrogen-bond acceptors (Lipinski definition) is 4. The van der Waals surface area contributed by atoms with Gasteiger partial charge in [0.05, 0.1) is 42.5 Å². The van der Waals surface area contributed by atoms with E-state index in [-0.39, 0.29) is 12.3 Å². The van der Waals surface area contributed by atoms with Crippen LogP contribution in [0.2, 0.25) is 0 Å². The zero-order valence-corrected chi connectivity index (χ0v) is 15.7. The SMILES string of the molecule is CCOc1ccc(CC(=O)NCc2c(Br)cnn2C)cc1OCC. The maximum Gasteiger partial charge on any atom is 0.224 e. The molecule has 1 aromatic heterocycles.